The predicted molar refractivity (Wildman–Crippen MR) is 108 cm³/mol. The Morgan fingerprint density at radius 1 is 0.778 bits per heavy atom. The van der Waals surface area contributed by atoms with Crippen LogP contribution < -0.4 is 0 Å². The van der Waals surface area contributed by atoms with Gasteiger partial charge in [-0.15, -0.1) is 0 Å². The van der Waals surface area contributed by atoms with E-state index in [2.05, 4.69) is 73.0 Å². The molecule has 0 atom stereocenters. The van der Waals surface area contributed by atoms with Crippen molar-refractivity contribution in [3.05, 3.63) is 77.4 Å². The average molecular weight is 361 g/mol. The van der Waals surface area contributed by atoms with Crippen LogP contribution in [0.5, 0.6) is 0 Å². The van der Waals surface area contributed by atoms with Gasteiger partial charge in [0, 0.05) is 62.5 Å². The van der Waals surface area contributed by atoms with Gasteiger partial charge in [-0.3, -0.25) is 14.4 Å². The lowest BCUT2D eigenvalue weighted by molar-refractivity contribution is 0.120. The second-order valence-corrected chi connectivity index (χ2v) is 7.36. The molecule has 4 rings (SSSR count). The van der Waals surface area contributed by atoms with Crippen molar-refractivity contribution in [2.24, 2.45) is 0 Å². The van der Waals surface area contributed by atoms with E-state index < -0.39 is 0 Å². The van der Waals surface area contributed by atoms with E-state index in [0.717, 1.165) is 56.6 Å². The third-order valence-electron chi connectivity index (χ3n) is 5.12. The summed E-state index contributed by atoms with van der Waals surface area (Å²) in [6, 6.07) is 17.0. The third-order valence-corrected chi connectivity index (χ3v) is 5.12. The highest BCUT2D eigenvalue weighted by atomic mass is 15.3. The number of hydrogen-bond donors (Lipinski definition) is 0. The number of rotatable bonds is 5. The summed E-state index contributed by atoms with van der Waals surface area (Å²) in [6.45, 7) is 10.4. The zero-order chi connectivity index (χ0) is 18.6. The molecule has 27 heavy (non-hydrogen) atoms. The van der Waals surface area contributed by atoms with E-state index in [0.29, 0.717) is 0 Å². The van der Waals surface area contributed by atoms with Gasteiger partial charge in [0.1, 0.15) is 0 Å². The fraction of sp³-hybridized carbons (Fsp3) is 0.364. The molecule has 0 saturated carbocycles. The van der Waals surface area contributed by atoms with E-state index in [1.54, 1.807) is 0 Å². The minimum atomic E-state index is 0.773. The first kappa shape index (κ1) is 17.9. The van der Waals surface area contributed by atoms with Crippen LogP contribution in [0.25, 0.3) is 5.95 Å². The van der Waals surface area contributed by atoms with Crippen LogP contribution in [0, 0.1) is 13.8 Å². The largest absolute Gasteiger partial charge is 0.297 e. The van der Waals surface area contributed by atoms with Crippen LogP contribution >= 0.6 is 0 Å². The van der Waals surface area contributed by atoms with E-state index in [-0.39, 0.29) is 0 Å². The molecule has 5 nitrogen and oxygen atoms in total. The van der Waals surface area contributed by atoms with Gasteiger partial charge in [-0.2, -0.15) is 0 Å². The zero-order valence-electron chi connectivity index (χ0n) is 16.2. The maximum absolute atomic E-state index is 4.61. The van der Waals surface area contributed by atoms with Gasteiger partial charge in [-0.25, -0.2) is 9.97 Å². The smallest absolute Gasteiger partial charge is 0.234 e. The summed E-state index contributed by atoms with van der Waals surface area (Å²) >= 11 is 0. The van der Waals surface area contributed by atoms with Crippen molar-refractivity contribution in [1.82, 2.24) is 24.3 Å². The molecule has 0 amide bonds. The summed E-state index contributed by atoms with van der Waals surface area (Å²) in [6.07, 6.45) is 2.06. The molecule has 0 N–H and O–H groups in total. The first-order chi connectivity index (χ1) is 13.2. The summed E-state index contributed by atoms with van der Waals surface area (Å²) in [7, 11) is 0. The molecule has 1 aliphatic rings. The van der Waals surface area contributed by atoms with Crippen molar-refractivity contribution in [2.45, 2.75) is 26.9 Å². The Morgan fingerprint density at radius 3 is 2.07 bits per heavy atom. The molecule has 1 fully saturated rings. The number of hydrogen-bond acceptors (Lipinski definition) is 4. The Morgan fingerprint density at radius 2 is 1.41 bits per heavy atom. The number of benzene rings is 1. The second-order valence-electron chi connectivity index (χ2n) is 7.36. The van der Waals surface area contributed by atoms with Crippen LogP contribution in [-0.4, -0.2) is 50.5 Å². The lowest BCUT2D eigenvalue weighted by Crippen LogP contribution is -2.45. The predicted octanol–water partition coefficient (Wildman–Crippen LogP) is 3.20. The van der Waals surface area contributed by atoms with Gasteiger partial charge in [0.15, 0.2) is 0 Å². The minimum absolute atomic E-state index is 0.773. The van der Waals surface area contributed by atoms with Crippen LogP contribution in [-0.2, 0) is 13.1 Å². The molecule has 1 aliphatic heterocycles. The molecule has 3 aromatic rings. The van der Waals surface area contributed by atoms with Crippen molar-refractivity contribution < 1.29 is 0 Å². The normalized spacial score (nSPS) is 15.9. The van der Waals surface area contributed by atoms with Gasteiger partial charge in [-0.1, -0.05) is 30.3 Å². The molecule has 0 bridgehead atoms. The second kappa shape index (κ2) is 8.03. The number of aryl methyl sites for hydroxylation is 2. The lowest BCUT2D eigenvalue weighted by Gasteiger charge is -2.34. The van der Waals surface area contributed by atoms with Crippen molar-refractivity contribution in [2.75, 3.05) is 26.2 Å². The van der Waals surface area contributed by atoms with Crippen LogP contribution in [0.3, 0.4) is 0 Å². The van der Waals surface area contributed by atoms with E-state index in [1.165, 1.54) is 11.3 Å². The maximum atomic E-state index is 4.61. The van der Waals surface area contributed by atoms with Crippen LogP contribution in [0.2, 0.25) is 0 Å². The molecule has 1 saturated heterocycles. The average Bonchev–Trinajstić information content (AvgIpc) is 3.12. The molecule has 5 heteroatoms. The Bertz CT molecular complexity index is 858. The number of aromatic nitrogens is 3. The third kappa shape index (κ3) is 4.43. The molecular weight excluding hydrogens is 334 g/mol. The monoisotopic (exact) mass is 361 g/mol. The summed E-state index contributed by atoms with van der Waals surface area (Å²) in [5.74, 6) is 0.773. The Kier molecular flexibility index (Phi) is 5.32. The molecular formula is C22H27N5. The number of piperazine rings is 1. The van der Waals surface area contributed by atoms with Gasteiger partial charge in [0.05, 0.1) is 0 Å². The zero-order valence-corrected chi connectivity index (χ0v) is 16.2. The van der Waals surface area contributed by atoms with Gasteiger partial charge >= 0.3 is 0 Å². The summed E-state index contributed by atoms with van der Waals surface area (Å²) in [4.78, 5) is 14.3. The quantitative estimate of drug-likeness (QED) is 0.699. The van der Waals surface area contributed by atoms with Gasteiger partial charge < -0.3 is 0 Å². The van der Waals surface area contributed by atoms with Crippen LogP contribution in [0.15, 0.2) is 54.7 Å². The van der Waals surface area contributed by atoms with E-state index >= 15 is 0 Å². The first-order valence-electron chi connectivity index (χ1n) is 9.65. The highest BCUT2D eigenvalue weighted by Crippen LogP contribution is 2.15. The summed E-state index contributed by atoms with van der Waals surface area (Å²) in [5.41, 5.74) is 4.65. The van der Waals surface area contributed by atoms with Gasteiger partial charge in [0.2, 0.25) is 5.95 Å². The Labute approximate surface area is 161 Å². The van der Waals surface area contributed by atoms with Crippen molar-refractivity contribution in [3.8, 4) is 5.95 Å². The molecule has 0 spiro atoms. The standard InChI is InChI=1S/C22H27N5/c1-18-15-19(2)24-22(23-18)27-10-6-9-21(27)17-26-13-11-25(12-14-26)16-20-7-4-3-5-8-20/h3-10,15H,11-14,16-17H2,1-2H3. The van der Waals surface area contributed by atoms with Gasteiger partial charge in [0.25, 0.3) is 0 Å². The molecule has 140 valence electrons. The first-order valence-corrected chi connectivity index (χ1v) is 9.65. The van der Waals surface area contributed by atoms with Gasteiger partial charge in [-0.05, 0) is 37.6 Å². The molecule has 0 aliphatic carbocycles. The van der Waals surface area contributed by atoms with Crippen molar-refractivity contribution >= 4 is 0 Å². The highest BCUT2D eigenvalue weighted by molar-refractivity contribution is 5.24. The Balaban J connectivity index is 1.38. The van der Waals surface area contributed by atoms with E-state index in [4.69, 9.17) is 0 Å². The van der Waals surface area contributed by atoms with E-state index in [1.807, 2.05) is 19.9 Å². The Hall–Kier alpha value is -2.50. The maximum Gasteiger partial charge on any atom is 0.234 e. The molecule has 1 aromatic carbocycles. The lowest BCUT2D eigenvalue weighted by atomic mass is 10.2. The number of nitrogens with zero attached hydrogens (tertiary/aromatic N) is 5. The van der Waals surface area contributed by atoms with E-state index in [9.17, 15) is 0 Å². The fourth-order valence-electron chi connectivity index (χ4n) is 3.73. The summed E-state index contributed by atoms with van der Waals surface area (Å²) < 4.78 is 2.12. The summed E-state index contributed by atoms with van der Waals surface area (Å²) in [5, 5.41) is 0. The van der Waals surface area contributed by atoms with Crippen LogP contribution in [0.4, 0.5) is 0 Å². The van der Waals surface area contributed by atoms with Crippen LogP contribution in [0.1, 0.15) is 22.6 Å². The van der Waals surface area contributed by atoms with Crippen molar-refractivity contribution in [1.29, 1.82) is 0 Å². The molecule has 0 radical (unpaired) electrons. The minimum Gasteiger partial charge on any atom is -0.297 e. The SMILES string of the molecule is Cc1cc(C)nc(-n2cccc2CN2CCN(Cc3ccccc3)CC2)n1. The molecule has 0 unspecified atom stereocenters. The van der Waals surface area contributed by atoms with Crippen molar-refractivity contribution in [3.63, 3.8) is 0 Å². The molecule has 3 heterocycles. The molecule has 2 aromatic heterocycles. The highest BCUT2D eigenvalue weighted by Gasteiger charge is 2.18. The fourth-order valence-corrected chi connectivity index (χ4v) is 3.73. The topological polar surface area (TPSA) is 37.2 Å².